The molecule has 1 saturated carbocycles. The number of rotatable bonds is 9. The maximum atomic E-state index is 4.95. The predicted octanol–water partition coefficient (Wildman–Crippen LogP) is 2.79. The quantitative estimate of drug-likeness (QED) is 0.524. The van der Waals surface area contributed by atoms with Crippen molar-refractivity contribution in [3.8, 4) is 0 Å². The summed E-state index contributed by atoms with van der Waals surface area (Å²) in [6.07, 6.45) is 9.32. The zero-order chi connectivity index (χ0) is 19.2. The fraction of sp³-hybridized carbons (Fsp3) is 0.800. The summed E-state index contributed by atoms with van der Waals surface area (Å²) in [5.41, 5.74) is 1.65. The fourth-order valence-corrected chi connectivity index (χ4v) is 3.96. The molecule has 2 N–H and O–H groups in total. The molecule has 6 nitrogen and oxygen atoms in total. The third kappa shape index (κ3) is 5.73. The van der Waals surface area contributed by atoms with E-state index in [0.717, 1.165) is 31.5 Å². The molecule has 2 rings (SSSR count). The highest BCUT2D eigenvalue weighted by Crippen LogP contribution is 2.46. The summed E-state index contributed by atoms with van der Waals surface area (Å²) in [4.78, 5) is 7.17. The fourth-order valence-electron chi connectivity index (χ4n) is 3.96. The van der Waals surface area contributed by atoms with Crippen LogP contribution in [0.15, 0.2) is 17.4 Å². The molecular formula is C20H38N6. The number of nitrogens with zero attached hydrogens (tertiary/aromatic N) is 4. The van der Waals surface area contributed by atoms with Gasteiger partial charge in [0.2, 0.25) is 0 Å². The van der Waals surface area contributed by atoms with Gasteiger partial charge in [0.05, 0.1) is 12.2 Å². The van der Waals surface area contributed by atoms with Gasteiger partial charge in [0, 0.05) is 38.4 Å². The Morgan fingerprint density at radius 3 is 2.54 bits per heavy atom. The van der Waals surface area contributed by atoms with Crippen LogP contribution in [-0.2, 0) is 7.05 Å². The summed E-state index contributed by atoms with van der Waals surface area (Å²) in [7, 11) is 6.17. The number of hydrogen-bond donors (Lipinski definition) is 2. The van der Waals surface area contributed by atoms with E-state index < -0.39 is 0 Å². The molecule has 1 heterocycles. The highest BCUT2D eigenvalue weighted by molar-refractivity contribution is 5.79. The zero-order valence-electron chi connectivity index (χ0n) is 17.5. The van der Waals surface area contributed by atoms with Crippen LogP contribution in [-0.4, -0.2) is 54.4 Å². The van der Waals surface area contributed by atoms with E-state index in [9.17, 15) is 0 Å². The first-order chi connectivity index (χ1) is 12.3. The summed E-state index contributed by atoms with van der Waals surface area (Å²) in [5, 5.41) is 11.3. The molecule has 26 heavy (non-hydrogen) atoms. The lowest BCUT2D eigenvalue weighted by molar-refractivity contribution is 0.111. The smallest absolute Gasteiger partial charge is 0.191 e. The van der Waals surface area contributed by atoms with Crippen LogP contribution in [0, 0.1) is 11.3 Å². The van der Waals surface area contributed by atoms with Crippen molar-refractivity contribution in [3.05, 3.63) is 18.0 Å². The summed E-state index contributed by atoms with van der Waals surface area (Å²) in [6, 6.07) is 0.265. The monoisotopic (exact) mass is 362 g/mol. The van der Waals surface area contributed by atoms with Crippen molar-refractivity contribution >= 4 is 5.96 Å². The van der Waals surface area contributed by atoms with E-state index in [-0.39, 0.29) is 6.04 Å². The minimum atomic E-state index is 0.265. The van der Waals surface area contributed by atoms with Crippen LogP contribution < -0.4 is 10.6 Å². The van der Waals surface area contributed by atoms with Gasteiger partial charge in [0.25, 0.3) is 0 Å². The first kappa shape index (κ1) is 20.7. The second-order valence-electron chi connectivity index (χ2n) is 8.45. The summed E-state index contributed by atoms with van der Waals surface area (Å²) in [5.74, 6) is 1.67. The van der Waals surface area contributed by atoms with Gasteiger partial charge in [-0.1, -0.05) is 20.3 Å². The maximum Gasteiger partial charge on any atom is 0.191 e. The second kappa shape index (κ2) is 9.40. The molecule has 1 fully saturated rings. The molecule has 0 bridgehead atoms. The van der Waals surface area contributed by atoms with E-state index in [2.05, 4.69) is 61.7 Å². The van der Waals surface area contributed by atoms with E-state index in [1.807, 2.05) is 17.9 Å². The Labute approximate surface area is 159 Å². The molecule has 6 heteroatoms. The number of guanidine groups is 1. The molecule has 148 valence electrons. The van der Waals surface area contributed by atoms with Crippen molar-refractivity contribution in [3.63, 3.8) is 0 Å². The molecule has 1 aliphatic carbocycles. The molecule has 1 aliphatic rings. The average Bonchev–Trinajstić information content (AvgIpc) is 2.95. The van der Waals surface area contributed by atoms with Gasteiger partial charge in [0.1, 0.15) is 0 Å². The van der Waals surface area contributed by atoms with Crippen LogP contribution in [0.5, 0.6) is 0 Å². The van der Waals surface area contributed by atoms with Crippen LogP contribution >= 0.6 is 0 Å². The van der Waals surface area contributed by atoms with E-state index in [0.29, 0.717) is 5.41 Å². The van der Waals surface area contributed by atoms with Gasteiger partial charge in [0.15, 0.2) is 5.96 Å². The summed E-state index contributed by atoms with van der Waals surface area (Å²) in [6.45, 7) is 9.38. The number of aryl methyl sites for hydroxylation is 1. The highest BCUT2D eigenvalue weighted by atomic mass is 15.3. The van der Waals surface area contributed by atoms with Crippen molar-refractivity contribution in [1.82, 2.24) is 25.3 Å². The maximum absolute atomic E-state index is 4.95. The van der Waals surface area contributed by atoms with Crippen molar-refractivity contribution in [2.24, 2.45) is 23.4 Å². The zero-order valence-corrected chi connectivity index (χ0v) is 17.5. The molecule has 1 unspecified atom stereocenters. The molecule has 0 radical (unpaired) electrons. The van der Waals surface area contributed by atoms with Crippen molar-refractivity contribution in [1.29, 1.82) is 0 Å². The topological polar surface area (TPSA) is 57.5 Å². The number of aliphatic imine (C=N–C) groups is 1. The van der Waals surface area contributed by atoms with E-state index in [1.54, 1.807) is 0 Å². The van der Waals surface area contributed by atoms with Crippen molar-refractivity contribution in [2.75, 3.05) is 33.7 Å². The summed E-state index contributed by atoms with van der Waals surface area (Å²) >= 11 is 0. The van der Waals surface area contributed by atoms with E-state index >= 15 is 0 Å². The number of nitrogens with one attached hydrogen (secondary N) is 2. The Balaban J connectivity index is 1.99. The van der Waals surface area contributed by atoms with Crippen molar-refractivity contribution < 1.29 is 0 Å². The van der Waals surface area contributed by atoms with Crippen LogP contribution in [0.1, 0.15) is 58.1 Å². The largest absolute Gasteiger partial charge is 0.357 e. The first-order valence-electron chi connectivity index (χ1n) is 10.0. The SMILES string of the molecule is CCNC(=NCC1(CC(C)C)CCC1)NCC(c1cnn(C)c1)N(C)C. The van der Waals surface area contributed by atoms with Crippen LogP contribution in [0.3, 0.4) is 0 Å². The number of likely N-dealkylation sites (N-methyl/N-ethyl adjacent to an activating group) is 1. The lowest BCUT2D eigenvalue weighted by Gasteiger charge is -2.42. The van der Waals surface area contributed by atoms with Crippen LogP contribution in [0.25, 0.3) is 0 Å². The molecule has 1 aromatic heterocycles. The van der Waals surface area contributed by atoms with Gasteiger partial charge in [-0.25, -0.2) is 0 Å². The van der Waals surface area contributed by atoms with Crippen LogP contribution in [0.4, 0.5) is 0 Å². The summed E-state index contributed by atoms with van der Waals surface area (Å²) < 4.78 is 1.86. The molecular weight excluding hydrogens is 324 g/mol. The minimum Gasteiger partial charge on any atom is -0.357 e. The molecule has 0 spiro atoms. The second-order valence-corrected chi connectivity index (χ2v) is 8.45. The Hall–Kier alpha value is -1.56. The van der Waals surface area contributed by atoms with Gasteiger partial charge < -0.3 is 15.5 Å². The Morgan fingerprint density at radius 1 is 1.35 bits per heavy atom. The molecule has 0 amide bonds. The lowest BCUT2D eigenvalue weighted by Crippen LogP contribution is -2.43. The van der Waals surface area contributed by atoms with Gasteiger partial charge >= 0.3 is 0 Å². The number of hydrogen-bond acceptors (Lipinski definition) is 3. The van der Waals surface area contributed by atoms with Crippen LogP contribution in [0.2, 0.25) is 0 Å². The number of aromatic nitrogens is 2. The normalized spacial score (nSPS) is 18.1. The van der Waals surface area contributed by atoms with Gasteiger partial charge in [-0.3, -0.25) is 9.67 Å². The van der Waals surface area contributed by atoms with Gasteiger partial charge in [-0.05, 0) is 51.6 Å². The van der Waals surface area contributed by atoms with Crippen molar-refractivity contribution in [2.45, 2.75) is 52.5 Å². The minimum absolute atomic E-state index is 0.265. The third-order valence-electron chi connectivity index (χ3n) is 5.37. The van der Waals surface area contributed by atoms with E-state index in [1.165, 1.54) is 31.2 Å². The average molecular weight is 363 g/mol. The Kier molecular flexibility index (Phi) is 7.50. The lowest BCUT2D eigenvalue weighted by atomic mass is 9.64. The molecule has 0 saturated heterocycles. The Bertz CT molecular complexity index is 571. The Morgan fingerprint density at radius 2 is 2.08 bits per heavy atom. The van der Waals surface area contributed by atoms with E-state index in [4.69, 9.17) is 4.99 Å². The first-order valence-corrected chi connectivity index (χ1v) is 10.0. The molecule has 0 aliphatic heterocycles. The van der Waals surface area contributed by atoms with Gasteiger partial charge in [-0.15, -0.1) is 0 Å². The standard InChI is InChI=1S/C20H38N6/c1-7-21-19(23-15-20(9-8-10-20)11-16(2)3)22-13-18(25(4)5)17-12-24-26(6)14-17/h12,14,16,18H,7-11,13,15H2,1-6H3,(H2,21,22,23). The van der Waals surface area contributed by atoms with Gasteiger partial charge in [-0.2, -0.15) is 5.10 Å². The predicted molar refractivity (Wildman–Crippen MR) is 109 cm³/mol. The molecule has 1 atom stereocenters. The highest BCUT2D eigenvalue weighted by Gasteiger charge is 2.37. The molecule has 1 aromatic rings. The molecule has 0 aromatic carbocycles. The third-order valence-corrected chi connectivity index (χ3v) is 5.37.